The molecule has 0 aliphatic carbocycles. The number of fused-ring (bicyclic) bond motifs is 1. The van der Waals surface area contributed by atoms with Crippen LogP contribution in [0.2, 0.25) is 0 Å². The highest BCUT2D eigenvalue weighted by Gasteiger charge is 2.28. The average molecular weight is 414 g/mol. The highest BCUT2D eigenvalue weighted by atomic mass is 16.1. The van der Waals surface area contributed by atoms with Gasteiger partial charge in [0.25, 0.3) is 5.56 Å². The minimum atomic E-state index is -0.260. The van der Waals surface area contributed by atoms with Crippen LogP contribution in [0.4, 0.5) is 0 Å². The molecule has 1 atom stereocenters. The van der Waals surface area contributed by atoms with Gasteiger partial charge in [0.05, 0.1) is 23.0 Å². The SMILES string of the molecule is NC(=O)C1CCCN1Cc1ccc2[nH]c(-c3cc(-c4ccncc4)n[nH]c3=O)cc2c1. The minimum Gasteiger partial charge on any atom is -0.368 e. The molecule has 1 aromatic carbocycles. The summed E-state index contributed by atoms with van der Waals surface area (Å²) in [7, 11) is 0. The molecule has 1 aliphatic rings. The van der Waals surface area contributed by atoms with Gasteiger partial charge < -0.3 is 10.7 Å². The van der Waals surface area contributed by atoms with Gasteiger partial charge in [-0.2, -0.15) is 5.10 Å². The van der Waals surface area contributed by atoms with E-state index in [9.17, 15) is 9.59 Å². The Bertz CT molecular complexity index is 1310. The topological polar surface area (TPSA) is 121 Å². The fraction of sp³-hybridized carbons (Fsp3) is 0.217. The Morgan fingerprint density at radius 3 is 2.81 bits per heavy atom. The number of pyridine rings is 1. The van der Waals surface area contributed by atoms with E-state index in [1.165, 1.54) is 0 Å². The zero-order chi connectivity index (χ0) is 21.4. The minimum absolute atomic E-state index is 0.195. The van der Waals surface area contributed by atoms with Crippen LogP contribution < -0.4 is 11.3 Å². The standard InChI is InChI=1S/C23H22N6O2/c24-22(30)21-2-1-9-29(21)13-14-3-4-18-16(10-14)11-20(26-18)17-12-19(27-28-23(17)31)15-5-7-25-8-6-15/h3-8,10-12,21,26H,1-2,9,13H2,(H2,24,30)(H,28,31). The van der Waals surface area contributed by atoms with Gasteiger partial charge >= 0.3 is 0 Å². The number of amides is 1. The number of nitrogens with one attached hydrogen (secondary N) is 2. The van der Waals surface area contributed by atoms with Gasteiger partial charge in [-0.15, -0.1) is 0 Å². The van der Waals surface area contributed by atoms with Crippen LogP contribution in [0.1, 0.15) is 18.4 Å². The molecular weight excluding hydrogens is 392 g/mol. The lowest BCUT2D eigenvalue weighted by atomic mass is 10.1. The van der Waals surface area contributed by atoms with E-state index in [1.807, 2.05) is 30.3 Å². The van der Waals surface area contributed by atoms with E-state index in [2.05, 4.69) is 31.1 Å². The van der Waals surface area contributed by atoms with Crippen molar-refractivity contribution >= 4 is 16.8 Å². The first-order valence-electron chi connectivity index (χ1n) is 10.2. The Hall–Kier alpha value is -3.78. The Morgan fingerprint density at radius 1 is 1.16 bits per heavy atom. The van der Waals surface area contributed by atoms with E-state index in [4.69, 9.17) is 5.73 Å². The van der Waals surface area contributed by atoms with Crippen molar-refractivity contribution in [3.05, 3.63) is 70.8 Å². The van der Waals surface area contributed by atoms with Crippen molar-refractivity contribution in [3.63, 3.8) is 0 Å². The predicted octanol–water partition coefficient (Wildman–Crippen LogP) is 2.43. The summed E-state index contributed by atoms with van der Waals surface area (Å²) in [5, 5.41) is 7.75. The van der Waals surface area contributed by atoms with Gasteiger partial charge in [0.1, 0.15) is 0 Å². The number of H-pyrrole nitrogens is 2. The second kappa shape index (κ2) is 7.81. The summed E-state index contributed by atoms with van der Waals surface area (Å²) in [6, 6.07) is 13.4. The third-order valence-corrected chi connectivity index (χ3v) is 5.83. The van der Waals surface area contributed by atoms with Crippen LogP contribution in [0.3, 0.4) is 0 Å². The molecule has 8 heteroatoms. The molecule has 4 aromatic rings. The molecule has 156 valence electrons. The van der Waals surface area contributed by atoms with Crippen molar-refractivity contribution < 1.29 is 4.79 Å². The number of nitrogens with zero attached hydrogens (tertiary/aromatic N) is 3. The first-order chi connectivity index (χ1) is 15.1. The fourth-order valence-electron chi connectivity index (χ4n) is 4.27. The van der Waals surface area contributed by atoms with Crippen molar-refractivity contribution in [3.8, 4) is 22.5 Å². The van der Waals surface area contributed by atoms with Crippen molar-refractivity contribution in [2.24, 2.45) is 5.73 Å². The van der Waals surface area contributed by atoms with Gasteiger partial charge in [0.2, 0.25) is 5.91 Å². The van der Waals surface area contributed by atoms with Crippen molar-refractivity contribution in [2.75, 3.05) is 6.54 Å². The summed E-state index contributed by atoms with van der Waals surface area (Å²) in [5.74, 6) is -0.260. The molecule has 5 rings (SSSR count). The molecule has 31 heavy (non-hydrogen) atoms. The van der Waals surface area contributed by atoms with Crippen LogP contribution >= 0.6 is 0 Å². The number of nitrogens with two attached hydrogens (primary N) is 1. The molecule has 8 nitrogen and oxygen atoms in total. The van der Waals surface area contributed by atoms with Crippen LogP contribution in [-0.2, 0) is 11.3 Å². The summed E-state index contributed by atoms with van der Waals surface area (Å²) in [6.45, 7) is 1.54. The smallest absolute Gasteiger partial charge is 0.273 e. The van der Waals surface area contributed by atoms with Gasteiger partial charge in [0.15, 0.2) is 0 Å². The number of hydrogen-bond acceptors (Lipinski definition) is 5. The van der Waals surface area contributed by atoms with Crippen LogP contribution in [0, 0.1) is 0 Å². The zero-order valence-electron chi connectivity index (χ0n) is 16.8. The van der Waals surface area contributed by atoms with Gasteiger partial charge in [0, 0.05) is 35.4 Å². The quantitative estimate of drug-likeness (QED) is 0.463. The number of aromatic nitrogens is 4. The van der Waals surface area contributed by atoms with E-state index in [0.29, 0.717) is 17.8 Å². The predicted molar refractivity (Wildman–Crippen MR) is 118 cm³/mol. The van der Waals surface area contributed by atoms with Gasteiger partial charge in [-0.1, -0.05) is 6.07 Å². The van der Waals surface area contributed by atoms with Gasteiger partial charge in [-0.3, -0.25) is 19.5 Å². The number of rotatable bonds is 5. The van der Waals surface area contributed by atoms with E-state index in [-0.39, 0.29) is 17.5 Å². The Labute approximate surface area is 178 Å². The Morgan fingerprint density at radius 2 is 2.00 bits per heavy atom. The zero-order valence-corrected chi connectivity index (χ0v) is 16.8. The summed E-state index contributed by atoms with van der Waals surface area (Å²) in [4.78, 5) is 33.6. The molecule has 1 fully saturated rings. The van der Waals surface area contributed by atoms with Crippen LogP contribution in [0.15, 0.2) is 59.7 Å². The molecule has 1 aliphatic heterocycles. The highest BCUT2D eigenvalue weighted by Crippen LogP contribution is 2.27. The van der Waals surface area contributed by atoms with Crippen molar-refractivity contribution in [1.82, 2.24) is 25.1 Å². The maximum absolute atomic E-state index is 12.5. The summed E-state index contributed by atoms with van der Waals surface area (Å²) in [6.07, 6.45) is 5.18. The number of hydrogen-bond donors (Lipinski definition) is 3. The van der Waals surface area contributed by atoms with E-state index in [0.717, 1.165) is 47.1 Å². The van der Waals surface area contributed by atoms with Crippen LogP contribution in [0.25, 0.3) is 33.4 Å². The lowest BCUT2D eigenvalue weighted by molar-refractivity contribution is -0.122. The van der Waals surface area contributed by atoms with E-state index in [1.54, 1.807) is 18.5 Å². The molecule has 1 saturated heterocycles. The normalized spacial score (nSPS) is 16.7. The number of primary amides is 1. The molecular formula is C23H22N6O2. The lowest BCUT2D eigenvalue weighted by Crippen LogP contribution is -2.39. The van der Waals surface area contributed by atoms with Crippen LogP contribution in [0.5, 0.6) is 0 Å². The third-order valence-electron chi connectivity index (χ3n) is 5.83. The summed E-state index contributed by atoms with van der Waals surface area (Å²) >= 11 is 0. The monoisotopic (exact) mass is 414 g/mol. The van der Waals surface area contributed by atoms with Gasteiger partial charge in [-0.05, 0) is 61.3 Å². The fourth-order valence-corrected chi connectivity index (χ4v) is 4.27. The molecule has 1 amide bonds. The molecule has 0 saturated carbocycles. The van der Waals surface area contributed by atoms with Crippen molar-refractivity contribution in [1.29, 1.82) is 0 Å². The number of carbonyl (C=O) groups excluding carboxylic acids is 1. The largest absolute Gasteiger partial charge is 0.368 e. The molecule has 0 radical (unpaired) electrons. The molecule has 4 heterocycles. The molecule has 0 bridgehead atoms. The second-order valence-corrected chi connectivity index (χ2v) is 7.87. The number of benzene rings is 1. The number of carbonyl (C=O) groups is 1. The summed E-state index contributed by atoms with van der Waals surface area (Å²) < 4.78 is 0. The summed E-state index contributed by atoms with van der Waals surface area (Å²) in [5.41, 5.74) is 10.1. The first-order valence-corrected chi connectivity index (χ1v) is 10.2. The molecule has 1 unspecified atom stereocenters. The molecule has 3 aromatic heterocycles. The third kappa shape index (κ3) is 3.73. The Balaban J connectivity index is 1.47. The van der Waals surface area contributed by atoms with Crippen LogP contribution in [-0.4, -0.2) is 43.6 Å². The molecule has 4 N–H and O–H groups in total. The average Bonchev–Trinajstić information content (AvgIpc) is 3.41. The number of likely N-dealkylation sites (tertiary alicyclic amines) is 1. The van der Waals surface area contributed by atoms with Gasteiger partial charge in [-0.25, -0.2) is 5.10 Å². The maximum Gasteiger partial charge on any atom is 0.273 e. The lowest BCUT2D eigenvalue weighted by Gasteiger charge is -2.21. The number of aromatic amines is 2. The first kappa shape index (κ1) is 19.2. The van der Waals surface area contributed by atoms with E-state index < -0.39 is 0 Å². The highest BCUT2D eigenvalue weighted by molar-refractivity contribution is 5.86. The molecule has 0 spiro atoms. The maximum atomic E-state index is 12.5. The van der Waals surface area contributed by atoms with E-state index >= 15 is 0 Å². The Kier molecular flexibility index (Phi) is 4.83. The van der Waals surface area contributed by atoms with Crippen molar-refractivity contribution in [2.45, 2.75) is 25.4 Å². The second-order valence-electron chi connectivity index (χ2n) is 7.87.